The van der Waals surface area contributed by atoms with E-state index in [1.54, 1.807) is 29.3 Å². The van der Waals surface area contributed by atoms with Gasteiger partial charge in [-0.25, -0.2) is 4.79 Å². The molecule has 0 amide bonds. The Morgan fingerprint density at radius 3 is 2.50 bits per heavy atom. The van der Waals surface area contributed by atoms with Crippen LogP contribution in [0, 0.1) is 5.92 Å². The maximum Gasteiger partial charge on any atom is 0.358 e. The Morgan fingerprint density at radius 2 is 1.79 bits per heavy atom. The zero-order valence-electron chi connectivity index (χ0n) is 13.7. The van der Waals surface area contributed by atoms with Gasteiger partial charge in [0.15, 0.2) is 6.10 Å². The molecule has 0 aliphatic carbocycles. The van der Waals surface area contributed by atoms with Crippen molar-refractivity contribution >= 4 is 5.97 Å². The fourth-order valence-corrected chi connectivity index (χ4v) is 3.17. The number of hydrogen-bond acceptors (Lipinski definition) is 4. The maximum atomic E-state index is 12.2. The van der Waals surface area contributed by atoms with E-state index in [2.05, 4.69) is 12.1 Å². The van der Waals surface area contributed by atoms with Crippen LogP contribution in [-0.2, 0) is 16.1 Å². The van der Waals surface area contributed by atoms with Crippen LogP contribution in [0.4, 0.5) is 0 Å². The molecule has 0 aromatic heterocycles. The first kappa shape index (κ1) is 16.7. The SMILES string of the molecule is O=C(ON1CCC[C@H](Cc2ccccc2)C1)[C@H](O)c1ccccc1. The Bertz CT molecular complexity index is 644. The quantitative estimate of drug-likeness (QED) is 0.917. The van der Waals surface area contributed by atoms with Crippen LogP contribution in [0.15, 0.2) is 60.7 Å². The molecule has 0 saturated carbocycles. The van der Waals surface area contributed by atoms with Gasteiger partial charge in [0.05, 0.1) is 0 Å². The van der Waals surface area contributed by atoms with Gasteiger partial charge in [-0.3, -0.25) is 0 Å². The monoisotopic (exact) mass is 325 g/mol. The lowest BCUT2D eigenvalue weighted by molar-refractivity contribution is -0.207. The van der Waals surface area contributed by atoms with E-state index in [0.29, 0.717) is 18.0 Å². The molecular formula is C20H23NO3. The minimum absolute atomic E-state index is 0.461. The minimum Gasteiger partial charge on any atom is -0.377 e. The third-order valence-corrected chi connectivity index (χ3v) is 4.41. The van der Waals surface area contributed by atoms with E-state index in [-0.39, 0.29) is 0 Å². The highest BCUT2D eigenvalue weighted by Gasteiger charge is 2.26. The summed E-state index contributed by atoms with van der Waals surface area (Å²) in [5.41, 5.74) is 1.86. The van der Waals surface area contributed by atoms with Crippen LogP contribution < -0.4 is 0 Å². The summed E-state index contributed by atoms with van der Waals surface area (Å²) >= 11 is 0. The zero-order valence-corrected chi connectivity index (χ0v) is 13.7. The van der Waals surface area contributed by atoms with Crippen molar-refractivity contribution in [3.8, 4) is 0 Å². The molecule has 0 bridgehead atoms. The molecule has 24 heavy (non-hydrogen) atoms. The lowest BCUT2D eigenvalue weighted by Crippen LogP contribution is -2.39. The molecule has 2 atom stereocenters. The van der Waals surface area contributed by atoms with Crippen molar-refractivity contribution in [1.29, 1.82) is 0 Å². The molecular weight excluding hydrogens is 302 g/mol. The Kier molecular flexibility index (Phi) is 5.62. The molecule has 0 spiro atoms. The number of aliphatic hydroxyl groups is 1. The Hall–Kier alpha value is -2.17. The summed E-state index contributed by atoms with van der Waals surface area (Å²) < 4.78 is 0. The van der Waals surface area contributed by atoms with Gasteiger partial charge in [0.25, 0.3) is 0 Å². The normalized spacial score (nSPS) is 19.6. The van der Waals surface area contributed by atoms with Crippen molar-refractivity contribution in [3.63, 3.8) is 0 Å². The number of nitrogens with zero attached hydrogens (tertiary/aromatic N) is 1. The topological polar surface area (TPSA) is 49.8 Å². The average molecular weight is 325 g/mol. The zero-order chi connectivity index (χ0) is 16.8. The summed E-state index contributed by atoms with van der Waals surface area (Å²) in [6, 6.07) is 19.3. The highest BCUT2D eigenvalue weighted by molar-refractivity contribution is 5.75. The van der Waals surface area contributed by atoms with Crippen molar-refractivity contribution in [3.05, 3.63) is 71.8 Å². The van der Waals surface area contributed by atoms with Gasteiger partial charge in [-0.05, 0) is 36.3 Å². The maximum absolute atomic E-state index is 12.2. The molecule has 4 nitrogen and oxygen atoms in total. The minimum atomic E-state index is -1.24. The number of carbonyl (C=O) groups excluding carboxylic acids is 1. The number of piperidine rings is 1. The van der Waals surface area contributed by atoms with Crippen molar-refractivity contribution in [2.45, 2.75) is 25.4 Å². The van der Waals surface area contributed by atoms with Gasteiger partial charge in [-0.15, -0.1) is 5.06 Å². The van der Waals surface area contributed by atoms with Gasteiger partial charge in [0, 0.05) is 13.1 Å². The number of benzene rings is 2. The second-order valence-corrected chi connectivity index (χ2v) is 6.31. The Labute approximate surface area is 142 Å². The van der Waals surface area contributed by atoms with E-state index in [4.69, 9.17) is 4.84 Å². The van der Waals surface area contributed by atoms with E-state index in [1.165, 1.54) is 5.56 Å². The van der Waals surface area contributed by atoms with Crippen molar-refractivity contribution in [2.75, 3.05) is 13.1 Å². The molecule has 2 aromatic rings. The summed E-state index contributed by atoms with van der Waals surface area (Å²) in [6.45, 7) is 1.43. The summed E-state index contributed by atoms with van der Waals surface area (Å²) in [5, 5.41) is 11.8. The second-order valence-electron chi connectivity index (χ2n) is 6.31. The standard InChI is InChI=1S/C20H23NO3/c22-19(18-11-5-2-6-12-18)20(23)24-21-13-7-10-17(15-21)14-16-8-3-1-4-9-16/h1-6,8-9,11-12,17,19,22H,7,10,13-15H2/t17-,19-/m1/s1. The van der Waals surface area contributed by atoms with Crippen molar-refractivity contribution in [1.82, 2.24) is 5.06 Å². The second kappa shape index (κ2) is 8.08. The lowest BCUT2D eigenvalue weighted by Gasteiger charge is -2.31. The van der Waals surface area contributed by atoms with Gasteiger partial charge in [-0.1, -0.05) is 60.7 Å². The first-order valence-electron chi connectivity index (χ1n) is 8.46. The van der Waals surface area contributed by atoms with Crippen LogP contribution in [-0.4, -0.2) is 29.2 Å². The molecule has 0 unspecified atom stereocenters. The summed E-state index contributed by atoms with van der Waals surface area (Å²) in [6.07, 6.45) is 1.87. The van der Waals surface area contributed by atoms with E-state index in [0.717, 1.165) is 25.8 Å². The number of hydrogen-bond donors (Lipinski definition) is 1. The summed E-state index contributed by atoms with van der Waals surface area (Å²) in [4.78, 5) is 17.6. The lowest BCUT2D eigenvalue weighted by atomic mass is 9.92. The summed E-state index contributed by atoms with van der Waals surface area (Å²) in [5.74, 6) is -0.149. The molecule has 1 aliphatic heterocycles. The average Bonchev–Trinajstić information content (AvgIpc) is 2.63. The van der Waals surface area contributed by atoms with Gasteiger partial charge in [-0.2, -0.15) is 0 Å². The van der Waals surface area contributed by atoms with Crippen LogP contribution in [0.25, 0.3) is 0 Å². The van der Waals surface area contributed by atoms with Gasteiger partial charge >= 0.3 is 5.97 Å². The largest absolute Gasteiger partial charge is 0.377 e. The highest BCUT2D eigenvalue weighted by Crippen LogP contribution is 2.22. The summed E-state index contributed by atoms with van der Waals surface area (Å²) in [7, 11) is 0. The predicted octanol–water partition coefficient (Wildman–Crippen LogP) is 3.13. The first-order chi connectivity index (χ1) is 11.7. The van der Waals surface area contributed by atoms with E-state index >= 15 is 0 Å². The van der Waals surface area contributed by atoms with Crippen LogP contribution >= 0.6 is 0 Å². The van der Waals surface area contributed by atoms with Crippen LogP contribution in [0.5, 0.6) is 0 Å². The third-order valence-electron chi connectivity index (χ3n) is 4.41. The Balaban J connectivity index is 1.54. The highest BCUT2D eigenvalue weighted by atomic mass is 16.7. The number of hydroxylamine groups is 2. The number of carbonyl (C=O) groups is 1. The van der Waals surface area contributed by atoms with Crippen LogP contribution in [0.1, 0.15) is 30.1 Å². The molecule has 2 aromatic carbocycles. The van der Waals surface area contributed by atoms with Gasteiger partial charge < -0.3 is 9.94 Å². The molecule has 4 heteroatoms. The molecule has 126 valence electrons. The predicted molar refractivity (Wildman–Crippen MR) is 91.9 cm³/mol. The smallest absolute Gasteiger partial charge is 0.358 e. The number of rotatable bonds is 5. The van der Waals surface area contributed by atoms with Crippen LogP contribution in [0.2, 0.25) is 0 Å². The molecule has 1 fully saturated rings. The van der Waals surface area contributed by atoms with E-state index < -0.39 is 12.1 Å². The van der Waals surface area contributed by atoms with Gasteiger partial charge in [0.2, 0.25) is 0 Å². The van der Waals surface area contributed by atoms with Crippen molar-refractivity contribution < 1.29 is 14.7 Å². The van der Waals surface area contributed by atoms with Crippen LogP contribution in [0.3, 0.4) is 0 Å². The van der Waals surface area contributed by atoms with E-state index in [9.17, 15) is 9.90 Å². The molecule has 1 aliphatic rings. The van der Waals surface area contributed by atoms with Crippen molar-refractivity contribution in [2.24, 2.45) is 5.92 Å². The Morgan fingerprint density at radius 1 is 1.12 bits per heavy atom. The molecule has 1 saturated heterocycles. The molecule has 0 radical (unpaired) electrons. The third kappa shape index (κ3) is 4.43. The van der Waals surface area contributed by atoms with Gasteiger partial charge in [0.1, 0.15) is 0 Å². The fraction of sp³-hybridized carbons (Fsp3) is 0.350. The number of aliphatic hydroxyl groups excluding tert-OH is 1. The first-order valence-corrected chi connectivity index (χ1v) is 8.46. The molecule has 1 N–H and O–H groups in total. The molecule has 1 heterocycles. The van der Waals surface area contributed by atoms with E-state index in [1.807, 2.05) is 24.3 Å². The fourth-order valence-electron chi connectivity index (χ4n) is 3.17. The molecule has 3 rings (SSSR count).